The summed E-state index contributed by atoms with van der Waals surface area (Å²) in [5.74, 6) is 0.484. The van der Waals surface area contributed by atoms with Crippen molar-refractivity contribution in [3.8, 4) is 6.07 Å². The molecule has 6 heteroatoms. The molecule has 3 fully saturated rings. The van der Waals surface area contributed by atoms with Gasteiger partial charge in [-0.3, -0.25) is 14.5 Å². The summed E-state index contributed by atoms with van der Waals surface area (Å²) in [6.45, 7) is 4.78. The summed E-state index contributed by atoms with van der Waals surface area (Å²) in [7, 11) is 0. The van der Waals surface area contributed by atoms with Crippen molar-refractivity contribution in [3.05, 3.63) is 0 Å². The summed E-state index contributed by atoms with van der Waals surface area (Å²) in [6.07, 6.45) is 9.09. The van der Waals surface area contributed by atoms with E-state index in [1.54, 1.807) is 0 Å². The Kier molecular flexibility index (Phi) is 6.18. The van der Waals surface area contributed by atoms with Gasteiger partial charge >= 0.3 is 0 Å². The van der Waals surface area contributed by atoms with Crippen LogP contribution in [0.5, 0.6) is 0 Å². The molecular weight excluding hydrogens is 328 g/mol. The summed E-state index contributed by atoms with van der Waals surface area (Å²) >= 11 is 0. The number of nitrogens with one attached hydrogen (secondary N) is 1. The number of hydrogen-bond acceptors (Lipinski definition) is 4. The van der Waals surface area contributed by atoms with E-state index >= 15 is 0 Å². The zero-order valence-electron chi connectivity index (χ0n) is 16.0. The van der Waals surface area contributed by atoms with Gasteiger partial charge in [0.05, 0.1) is 12.1 Å². The van der Waals surface area contributed by atoms with Gasteiger partial charge in [0, 0.05) is 32.1 Å². The first-order chi connectivity index (χ1) is 12.5. The maximum absolute atomic E-state index is 12.7. The summed E-state index contributed by atoms with van der Waals surface area (Å²) < 4.78 is 0. The van der Waals surface area contributed by atoms with E-state index in [0.717, 1.165) is 58.0 Å². The average Bonchev–Trinajstić information content (AvgIpc) is 3.22. The lowest BCUT2D eigenvalue weighted by atomic mass is 9.82. The van der Waals surface area contributed by atoms with Gasteiger partial charge in [-0.1, -0.05) is 32.1 Å². The molecule has 2 saturated carbocycles. The molecule has 0 aromatic carbocycles. The van der Waals surface area contributed by atoms with E-state index in [9.17, 15) is 14.9 Å². The molecule has 6 nitrogen and oxygen atoms in total. The lowest BCUT2D eigenvalue weighted by molar-refractivity contribution is -0.138. The van der Waals surface area contributed by atoms with E-state index in [1.165, 1.54) is 12.8 Å². The first kappa shape index (κ1) is 19.2. The first-order valence-electron chi connectivity index (χ1n) is 10.3. The molecular formula is C20H32N4O2. The van der Waals surface area contributed by atoms with Crippen LogP contribution in [0.1, 0.15) is 64.7 Å². The lowest BCUT2D eigenvalue weighted by Gasteiger charge is -2.39. The molecule has 0 aromatic rings. The Morgan fingerprint density at radius 1 is 1.04 bits per heavy atom. The Bertz CT molecular complexity index is 551. The molecule has 0 aromatic heterocycles. The zero-order chi connectivity index (χ0) is 18.6. The van der Waals surface area contributed by atoms with Crippen LogP contribution in [0.2, 0.25) is 0 Å². The SMILES string of the molecule is CC(C(=O)NC1(C#N)CCCCC1)N1CCN(C(=O)C2CCCC2)CC1. The number of amides is 2. The van der Waals surface area contributed by atoms with Crippen molar-refractivity contribution < 1.29 is 9.59 Å². The van der Waals surface area contributed by atoms with Crippen LogP contribution in [0.25, 0.3) is 0 Å². The summed E-state index contributed by atoms with van der Waals surface area (Å²) in [6, 6.07) is 2.10. The van der Waals surface area contributed by atoms with E-state index in [0.29, 0.717) is 19.0 Å². The first-order valence-corrected chi connectivity index (χ1v) is 10.3. The number of carbonyl (C=O) groups excluding carboxylic acids is 2. The molecule has 1 aliphatic heterocycles. The van der Waals surface area contributed by atoms with Crippen LogP contribution in [-0.2, 0) is 9.59 Å². The van der Waals surface area contributed by atoms with Crippen molar-refractivity contribution in [1.29, 1.82) is 5.26 Å². The molecule has 1 saturated heterocycles. The van der Waals surface area contributed by atoms with Crippen molar-refractivity contribution in [3.63, 3.8) is 0 Å². The minimum absolute atomic E-state index is 0.0518. The Morgan fingerprint density at radius 3 is 2.23 bits per heavy atom. The Hall–Kier alpha value is -1.61. The number of rotatable bonds is 4. The molecule has 0 radical (unpaired) electrons. The predicted octanol–water partition coefficient (Wildman–Crippen LogP) is 2.05. The minimum atomic E-state index is -0.677. The van der Waals surface area contributed by atoms with Gasteiger partial charge < -0.3 is 10.2 Å². The minimum Gasteiger partial charge on any atom is -0.340 e. The average molecular weight is 361 g/mol. The highest BCUT2D eigenvalue weighted by Crippen LogP contribution is 2.28. The van der Waals surface area contributed by atoms with Crippen LogP contribution in [0.4, 0.5) is 0 Å². The number of nitriles is 1. The van der Waals surface area contributed by atoms with Crippen molar-refractivity contribution in [2.45, 2.75) is 76.3 Å². The standard InChI is InChI=1S/C20H32N4O2/c1-16(18(25)22-20(15-21)9-5-2-6-10-20)23-11-13-24(14-12-23)19(26)17-7-3-4-8-17/h16-17H,2-14H2,1H3,(H,22,25). The maximum Gasteiger partial charge on any atom is 0.238 e. The fourth-order valence-electron chi connectivity index (χ4n) is 4.69. The van der Waals surface area contributed by atoms with Crippen LogP contribution in [-0.4, -0.2) is 59.4 Å². The maximum atomic E-state index is 12.7. The van der Waals surface area contributed by atoms with Crippen molar-refractivity contribution in [2.24, 2.45) is 5.92 Å². The van der Waals surface area contributed by atoms with Gasteiger partial charge in [0.25, 0.3) is 0 Å². The third-order valence-electron chi connectivity index (χ3n) is 6.54. The van der Waals surface area contributed by atoms with Gasteiger partial charge in [-0.05, 0) is 32.6 Å². The van der Waals surface area contributed by atoms with Crippen LogP contribution >= 0.6 is 0 Å². The third kappa shape index (κ3) is 4.20. The predicted molar refractivity (Wildman–Crippen MR) is 99.1 cm³/mol. The topological polar surface area (TPSA) is 76.4 Å². The zero-order valence-corrected chi connectivity index (χ0v) is 16.0. The molecule has 1 atom stereocenters. The molecule has 0 spiro atoms. The molecule has 3 aliphatic rings. The molecule has 2 aliphatic carbocycles. The van der Waals surface area contributed by atoms with Crippen molar-refractivity contribution in [2.75, 3.05) is 26.2 Å². The second kappa shape index (κ2) is 8.39. The van der Waals surface area contributed by atoms with E-state index in [-0.39, 0.29) is 17.9 Å². The van der Waals surface area contributed by atoms with Gasteiger partial charge in [-0.2, -0.15) is 5.26 Å². The number of carbonyl (C=O) groups is 2. The van der Waals surface area contributed by atoms with Crippen molar-refractivity contribution >= 4 is 11.8 Å². The van der Waals surface area contributed by atoms with E-state index in [2.05, 4.69) is 16.3 Å². The fraction of sp³-hybridized carbons (Fsp3) is 0.850. The Morgan fingerprint density at radius 2 is 1.65 bits per heavy atom. The molecule has 0 bridgehead atoms. The van der Waals surface area contributed by atoms with Crippen LogP contribution in [0.3, 0.4) is 0 Å². The van der Waals surface area contributed by atoms with E-state index in [1.807, 2.05) is 11.8 Å². The van der Waals surface area contributed by atoms with Gasteiger partial charge in [-0.25, -0.2) is 0 Å². The van der Waals surface area contributed by atoms with E-state index < -0.39 is 5.54 Å². The molecule has 3 rings (SSSR count). The number of piperazine rings is 1. The number of hydrogen-bond donors (Lipinski definition) is 1. The third-order valence-corrected chi connectivity index (χ3v) is 6.54. The highest BCUT2D eigenvalue weighted by atomic mass is 16.2. The van der Waals surface area contributed by atoms with Crippen LogP contribution < -0.4 is 5.32 Å². The lowest BCUT2D eigenvalue weighted by Crippen LogP contribution is -2.58. The second-order valence-electron chi connectivity index (χ2n) is 8.26. The van der Waals surface area contributed by atoms with Gasteiger partial charge in [0.1, 0.15) is 5.54 Å². The van der Waals surface area contributed by atoms with Gasteiger partial charge in [-0.15, -0.1) is 0 Å². The molecule has 144 valence electrons. The smallest absolute Gasteiger partial charge is 0.238 e. The Labute approximate surface area is 156 Å². The fourth-order valence-corrected chi connectivity index (χ4v) is 4.69. The Balaban J connectivity index is 1.49. The molecule has 1 unspecified atom stereocenters. The molecule has 1 N–H and O–H groups in total. The largest absolute Gasteiger partial charge is 0.340 e. The van der Waals surface area contributed by atoms with Crippen LogP contribution in [0, 0.1) is 17.2 Å². The molecule has 1 heterocycles. The van der Waals surface area contributed by atoms with Crippen molar-refractivity contribution in [1.82, 2.24) is 15.1 Å². The second-order valence-corrected chi connectivity index (χ2v) is 8.26. The van der Waals surface area contributed by atoms with Gasteiger partial charge in [0.15, 0.2) is 0 Å². The summed E-state index contributed by atoms with van der Waals surface area (Å²) in [4.78, 5) is 29.4. The highest BCUT2D eigenvalue weighted by molar-refractivity contribution is 5.82. The van der Waals surface area contributed by atoms with Gasteiger partial charge in [0.2, 0.25) is 11.8 Å². The summed E-state index contributed by atoms with van der Waals surface area (Å²) in [5.41, 5.74) is -0.677. The molecule has 2 amide bonds. The quantitative estimate of drug-likeness (QED) is 0.832. The molecule has 26 heavy (non-hydrogen) atoms. The monoisotopic (exact) mass is 360 g/mol. The normalized spacial score (nSPS) is 25.5. The summed E-state index contributed by atoms with van der Waals surface area (Å²) in [5, 5.41) is 12.6. The van der Waals surface area contributed by atoms with Crippen LogP contribution in [0.15, 0.2) is 0 Å². The van der Waals surface area contributed by atoms with E-state index in [4.69, 9.17) is 0 Å². The highest BCUT2D eigenvalue weighted by Gasteiger charge is 2.37. The number of nitrogens with zero attached hydrogens (tertiary/aromatic N) is 3.